The van der Waals surface area contributed by atoms with Gasteiger partial charge in [0.15, 0.2) is 0 Å². The molecule has 0 unspecified atom stereocenters. The van der Waals surface area contributed by atoms with Crippen molar-refractivity contribution in [2.45, 2.75) is 58.9 Å². The highest BCUT2D eigenvalue weighted by atomic mass is 32.1. The molecule has 4 fully saturated rings. The number of amides is 4. The van der Waals surface area contributed by atoms with Gasteiger partial charge < -0.3 is 20.0 Å². The molecule has 0 bridgehead atoms. The molecule has 1 spiro atoms. The molecule has 4 heterocycles. The number of likely N-dealkylation sites (tertiary alicyclic amines) is 3. The fourth-order valence-electron chi connectivity index (χ4n) is 6.21. The first-order valence-electron chi connectivity index (χ1n) is 13.2. The highest BCUT2D eigenvalue weighted by Gasteiger charge is 2.62. The van der Waals surface area contributed by atoms with Gasteiger partial charge in [-0.2, -0.15) is 0 Å². The molecule has 10 heteroatoms. The van der Waals surface area contributed by atoms with Crippen molar-refractivity contribution in [2.24, 2.45) is 22.7 Å². The van der Waals surface area contributed by atoms with E-state index in [1.54, 1.807) is 16.6 Å². The number of carbonyl (C=O) groups excluding carboxylic acids is 4. The molecule has 1 aromatic rings. The Bertz CT molecular complexity index is 1030. The van der Waals surface area contributed by atoms with Crippen molar-refractivity contribution in [3.8, 4) is 0 Å². The van der Waals surface area contributed by atoms with E-state index in [0.717, 1.165) is 38.8 Å². The van der Waals surface area contributed by atoms with Crippen LogP contribution in [0.2, 0.25) is 0 Å². The normalized spacial score (nSPS) is 26.9. The van der Waals surface area contributed by atoms with Crippen LogP contribution in [0.15, 0.2) is 11.7 Å². The number of aromatic nitrogens is 1. The van der Waals surface area contributed by atoms with Gasteiger partial charge in [-0.25, -0.2) is 0 Å². The van der Waals surface area contributed by atoms with E-state index in [2.05, 4.69) is 24.1 Å². The third kappa shape index (κ3) is 4.53. The molecule has 36 heavy (non-hydrogen) atoms. The molecule has 1 aromatic heterocycles. The fraction of sp³-hybridized carbons (Fsp3) is 0.731. The third-order valence-electron chi connectivity index (χ3n) is 8.72. The maximum Gasteiger partial charge on any atom is 0.265 e. The highest BCUT2D eigenvalue weighted by Crippen LogP contribution is 2.54. The quantitative estimate of drug-likeness (QED) is 0.624. The van der Waals surface area contributed by atoms with Crippen molar-refractivity contribution in [3.63, 3.8) is 0 Å². The van der Waals surface area contributed by atoms with Crippen LogP contribution in [0, 0.1) is 22.7 Å². The first-order valence-corrected chi connectivity index (χ1v) is 14.1. The second kappa shape index (κ2) is 9.43. The van der Waals surface area contributed by atoms with Crippen LogP contribution in [-0.2, 0) is 14.4 Å². The minimum atomic E-state index is -0.566. The van der Waals surface area contributed by atoms with Crippen LogP contribution in [0.3, 0.4) is 0 Å². The summed E-state index contributed by atoms with van der Waals surface area (Å²) in [6.45, 7) is 9.27. The molecule has 4 amide bonds. The SMILES string of the molecule is CC[C@H](NC(=O)[C@@H]1CN(C(=O)c2cncs2)CC12CN(C(=O)[C@H]1CC1(C)C)C2)C(=O)N1CCCCC1. The molecule has 3 atom stereocenters. The van der Waals surface area contributed by atoms with Gasteiger partial charge in [0.1, 0.15) is 10.9 Å². The number of thiazole rings is 1. The Kier molecular flexibility index (Phi) is 6.59. The molecule has 3 saturated heterocycles. The van der Waals surface area contributed by atoms with Crippen LogP contribution in [0.5, 0.6) is 0 Å². The first kappa shape index (κ1) is 25.2. The molecule has 196 valence electrons. The van der Waals surface area contributed by atoms with Crippen molar-refractivity contribution in [3.05, 3.63) is 16.6 Å². The molecule has 3 aliphatic heterocycles. The van der Waals surface area contributed by atoms with E-state index in [1.165, 1.54) is 11.3 Å². The van der Waals surface area contributed by atoms with Crippen molar-refractivity contribution >= 4 is 35.0 Å². The van der Waals surface area contributed by atoms with Crippen LogP contribution in [0.1, 0.15) is 62.5 Å². The van der Waals surface area contributed by atoms with Gasteiger partial charge in [-0.1, -0.05) is 20.8 Å². The fourth-order valence-corrected chi connectivity index (χ4v) is 6.79. The Morgan fingerprint density at radius 3 is 2.31 bits per heavy atom. The molecule has 0 aromatic carbocycles. The van der Waals surface area contributed by atoms with E-state index in [1.807, 2.05) is 16.7 Å². The molecule has 1 saturated carbocycles. The predicted molar refractivity (Wildman–Crippen MR) is 135 cm³/mol. The van der Waals surface area contributed by atoms with Gasteiger partial charge in [0.05, 0.1) is 17.6 Å². The van der Waals surface area contributed by atoms with Crippen LogP contribution >= 0.6 is 11.3 Å². The Balaban J connectivity index is 1.30. The zero-order valence-electron chi connectivity index (χ0n) is 21.5. The molecular weight excluding hydrogens is 478 g/mol. The second-order valence-corrected chi connectivity index (χ2v) is 12.6. The van der Waals surface area contributed by atoms with Gasteiger partial charge in [0.2, 0.25) is 17.7 Å². The second-order valence-electron chi connectivity index (χ2n) is 11.8. The lowest BCUT2D eigenvalue weighted by molar-refractivity contribution is -0.152. The Morgan fingerprint density at radius 2 is 1.72 bits per heavy atom. The predicted octanol–water partition coefficient (Wildman–Crippen LogP) is 2.00. The van der Waals surface area contributed by atoms with Gasteiger partial charge in [-0.15, -0.1) is 11.3 Å². The summed E-state index contributed by atoms with van der Waals surface area (Å²) in [6, 6.07) is -0.566. The van der Waals surface area contributed by atoms with E-state index in [-0.39, 0.29) is 41.5 Å². The van der Waals surface area contributed by atoms with E-state index in [9.17, 15) is 19.2 Å². The van der Waals surface area contributed by atoms with Crippen LogP contribution in [0.25, 0.3) is 0 Å². The zero-order chi connectivity index (χ0) is 25.7. The van der Waals surface area contributed by atoms with Gasteiger partial charge in [-0.05, 0) is 37.5 Å². The molecule has 9 nitrogen and oxygen atoms in total. The van der Waals surface area contributed by atoms with Crippen LogP contribution in [0.4, 0.5) is 0 Å². The topological polar surface area (TPSA) is 103 Å². The Morgan fingerprint density at radius 1 is 1.06 bits per heavy atom. The summed E-state index contributed by atoms with van der Waals surface area (Å²) in [5, 5.41) is 3.03. The maximum absolute atomic E-state index is 13.7. The summed E-state index contributed by atoms with van der Waals surface area (Å²) in [5.74, 6) is -0.596. The number of rotatable bonds is 6. The van der Waals surface area contributed by atoms with Crippen molar-refractivity contribution in [1.29, 1.82) is 0 Å². The minimum absolute atomic E-state index is 0.0171. The van der Waals surface area contributed by atoms with E-state index in [4.69, 9.17) is 0 Å². The summed E-state index contributed by atoms with van der Waals surface area (Å²) >= 11 is 1.29. The summed E-state index contributed by atoms with van der Waals surface area (Å²) in [4.78, 5) is 62.9. The van der Waals surface area contributed by atoms with Gasteiger partial charge in [-0.3, -0.25) is 24.2 Å². The lowest BCUT2D eigenvalue weighted by Crippen LogP contribution is -2.65. The monoisotopic (exact) mass is 515 g/mol. The van der Waals surface area contributed by atoms with E-state index >= 15 is 0 Å². The van der Waals surface area contributed by atoms with Crippen LogP contribution < -0.4 is 5.32 Å². The standard InChI is InChI=1S/C26H37N5O4S/c1-4-19(23(34)29-8-6-5-7-9-29)28-21(32)18-12-30(24(35)20-11-27-16-36-20)13-26(18)14-31(15-26)22(33)17-10-25(17,2)3/h11,16-19H,4-10,12-15H2,1-3H3,(H,28,32)/t17-,18+,19+/m1/s1. The Hall–Kier alpha value is -2.49. The summed E-state index contributed by atoms with van der Waals surface area (Å²) < 4.78 is 0. The number of nitrogens with one attached hydrogen (secondary N) is 1. The number of hydrogen-bond acceptors (Lipinski definition) is 6. The largest absolute Gasteiger partial charge is 0.344 e. The summed E-state index contributed by atoms with van der Waals surface area (Å²) in [6.07, 6.45) is 6.10. The lowest BCUT2D eigenvalue weighted by Gasteiger charge is -2.50. The van der Waals surface area contributed by atoms with E-state index in [0.29, 0.717) is 30.9 Å². The molecule has 5 rings (SSSR count). The van der Waals surface area contributed by atoms with Gasteiger partial charge >= 0.3 is 0 Å². The molecule has 0 radical (unpaired) electrons. The summed E-state index contributed by atoms with van der Waals surface area (Å²) in [7, 11) is 0. The van der Waals surface area contributed by atoms with Crippen molar-refractivity contribution < 1.29 is 19.2 Å². The van der Waals surface area contributed by atoms with Gasteiger partial charge in [0, 0.05) is 50.6 Å². The average Bonchev–Trinajstić information content (AvgIpc) is 3.23. The maximum atomic E-state index is 13.7. The molecule has 4 aliphatic rings. The molecule has 1 aliphatic carbocycles. The number of piperidine rings is 1. The number of carbonyl (C=O) groups is 4. The number of nitrogens with zero attached hydrogens (tertiary/aromatic N) is 4. The smallest absolute Gasteiger partial charge is 0.265 e. The average molecular weight is 516 g/mol. The van der Waals surface area contributed by atoms with Crippen molar-refractivity contribution in [2.75, 3.05) is 39.3 Å². The summed E-state index contributed by atoms with van der Waals surface area (Å²) in [5.41, 5.74) is 1.19. The zero-order valence-corrected chi connectivity index (χ0v) is 22.3. The first-order chi connectivity index (χ1) is 17.1. The van der Waals surface area contributed by atoms with E-state index < -0.39 is 17.4 Å². The lowest BCUT2D eigenvalue weighted by atomic mass is 9.70. The third-order valence-corrected chi connectivity index (χ3v) is 9.48. The molecular formula is C26H37N5O4S. The van der Waals surface area contributed by atoms with Crippen molar-refractivity contribution in [1.82, 2.24) is 25.0 Å². The number of hydrogen-bond donors (Lipinski definition) is 1. The Labute approximate surface area is 216 Å². The van der Waals surface area contributed by atoms with Crippen LogP contribution in [-0.4, -0.2) is 88.6 Å². The van der Waals surface area contributed by atoms with Gasteiger partial charge in [0.25, 0.3) is 5.91 Å². The molecule has 1 N–H and O–H groups in total. The minimum Gasteiger partial charge on any atom is -0.344 e. The highest BCUT2D eigenvalue weighted by molar-refractivity contribution is 7.11.